The van der Waals surface area contributed by atoms with Crippen molar-refractivity contribution in [2.45, 2.75) is 0 Å². The maximum Gasteiger partial charge on any atom is 0.329 e. The van der Waals surface area contributed by atoms with Gasteiger partial charge >= 0.3 is 11.8 Å². The van der Waals surface area contributed by atoms with Crippen molar-refractivity contribution in [2.24, 2.45) is 4.36 Å². The smallest absolute Gasteiger partial charge is 0.262 e. The summed E-state index contributed by atoms with van der Waals surface area (Å²) < 4.78 is 10.3. The number of amides is 2. The zero-order chi connectivity index (χ0) is 20.5. The number of carbonyl (C=O) groups is 2. The summed E-state index contributed by atoms with van der Waals surface area (Å²) in [5.41, 5.74) is 1.88. The van der Waals surface area contributed by atoms with Gasteiger partial charge < -0.3 is 0 Å². The zero-order valence-electron chi connectivity index (χ0n) is 14.6. The van der Waals surface area contributed by atoms with Crippen LogP contribution in [0.15, 0.2) is 90.6 Å². The van der Waals surface area contributed by atoms with Gasteiger partial charge in [0.15, 0.2) is 0 Å². The number of benzene rings is 3. The van der Waals surface area contributed by atoms with Gasteiger partial charge in [-0.2, -0.15) is 4.36 Å². The van der Waals surface area contributed by atoms with Crippen LogP contribution >= 0.6 is 47.8 Å². The second-order valence-electron chi connectivity index (χ2n) is 5.96. The van der Waals surface area contributed by atoms with Crippen LogP contribution in [0, 0.1) is 0 Å². The van der Waals surface area contributed by atoms with Crippen LogP contribution in [0.2, 0.25) is 0 Å². The van der Waals surface area contributed by atoms with Crippen molar-refractivity contribution in [3.8, 4) is 0 Å². The Bertz CT molecular complexity index is 1050. The third kappa shape index (κ3) is 4.23. The van der Waals surface area contributed by atoms with E-state index in [2.05, 4.69) is 47.8 Å². The van der Waals surface area contributed by atoms with Crippen molar-refractivity contribution >= 4 is 87.7 Å². The molecule has 0 bridgehead atoms. The molecule has 3 aromatic carbocycles. The summed E-state index contributed by atoms with van der Waals surface area (Å²) in [7, 11) is 0. The maximum absolute atomic E-state index is 12.9. The molecule has 1 aliphatic rings. The van der Waals surface area contributed by atoms with Gasteiger partial charge in [-0.05, 0) is 72.8 Å². The van der Waals surface area contributed by atoms with Crippen LogP contribution in [0.5, 0.6) is 0 Å². The monoisotopic (exact) mass is 595 g/mol. The molecule has 4 rings (SSSR count). The first-order valence-electron chi connectivity index (χ1n) is 8.36. The van der Waals surface area contributed by atoms with E-state index in [1.807, 2.05) is 48.5 Å². The van der Waals surface area contributed by atoms with Gasteiger partial charge in [-0.1, -0.05) is 47.8 Å². The van der Waals surface area contributed by atoms with Crippen molar-refractivity contribution in [2.75, 3.05) is 8.61 Å². The highest BCUT2D eigenvalue weighted by Gasteiger charge is 2.44. The van der Waals surface area contributed by atoms with E-state index in [1.165, 1.54) is 8.61 Å². The van der Waals surface area contributed by atoms with E-state index in [4.69, 9.17) is 4.36 Å². The quantitative estimate of drug-likeness (QED) is 0.332. The van der Waals surface area contributed by atoms with Gasteiger partial charge in [0.1, 0.15) is 11.1 Å². The molecule has 0 saturated carbocycles. The molecule has 146 valence electrons. The van der Waals surface area contributed by atoms with E-state index in [-0.39, 0.29) is 0 Å². The van der Waals surface area contributed by atoms with Gasteiger partial charge in [-0.25, -0.2) is 8.61 Å². The summed E-state index contributed by atoms with van der Waals surface area (Å²) in [6.45, 7) is 0. The van der Waals surface area contributed by atoms with Gasteiger partial charge in [0.2, 0.25) is 0 Å². The van der Waals surface area contributed by atoms with Crippen LogP contribution in [0.25, 0.3) is 0 Å². The van der Waals surface area contributed by atoms with Gasteiger partial charge in [0, 0.05) is 13.4 Å². The predicted octanol–water partition coefficient (Wildman–Crippen LogP) is 6.32. The first-order chi connectivity index (χ1) is 13.9. The highest BCUT2D eigenvalue weighted by Crippen LogP contribution is 2.33. The summed E-state index contributed by atoms with van der Waals surface area (Å²) in [4.78, 5) is 25.9. The zero-order valence-corrected chi connectivity index (χ0v) is 20.2. The molecule has 5 nitrogen and oxygen atoms in total. The first kappa shape index (κ1) is 20.5. The Morgan fingerprint density at radius 1 is 0.586 bits per heavy atom. The number of carbonyl (C=O) groups excluding carboxylic acids is 2. The molecule has 1 fully saturated rings. The molecule has 1 aliphatic heterocycles. The van der Waals surface area contributed by atoms with E-state index in [1.54, 1.807) is 24.3 Å². The summed E-state index contributed by atoms with van der Waals surface area (Å²) in [6, 6.07) is 21.9. The molecule has 9 heteroatoms. The average Bonchev–Trinajstić information content (AvgIpc) is 2.95. The second kappa shape index (κ2) is 8.51. The molecular formula is C20H12Br3N3O2S. The number of hydrogen-bond acceptors (Lipinski definition) is 3. The Morgan fingerprint density at radius 2 is 0.931 bits per heavy atom. The molecule has 0 atom stereocenters. The van der Waals surface area contributed by atoms with E-state index in [0.717, 1.165) is 13.4 Å². The fraction of sp³-hybridized carbons (Fsp3) is 0. The maximum atomic E-state index is 12.9. The molecule has 0 aliphatic carbocycles. The molecule has 0 radical (unpaired) electrons. The topological polar surface area (TPSA) is 53.0 Å². The molecule has 0 spiro atoms. The molecule has 3 aromatic rings. The SMILES string of the molecule is O=C1C(=O)N(c2ccc(Br)cc2)S(=Nc2ccc(Br)cc2)N1c1ccc(Br)cc1. The molecule has 29 heavy (non-hydrogen) atoms. The number of anilines is 2. The van der Waals surface area contributed by atoms with Crippen LogP contribution in [0.1, 0.15) is 0 Å². The molecule has 0 N–H and O–H groups in total. The molecule has 0 unspecified atom stereocenters. The van der Waals surface area contributed by atoms with E-state index >= 15 is 0 Å². The highest BCUT2D eigenvalue weighted by molar-refractivity contribution is 9.11. The summed E-state index contributed by atoms with van der Waals surface area (Å²) in [6.07, 6.45) is 0. The third-order valence-corrected chi connectivity index (χ3v) is 7.38. The van der Waals surface area contributed by atoms with Gasteiger partial charge in [0.25, 0.3) is 0 Å². The van der Waals surface area contributed by atoms with Crippen LogP contribution in [-0.2, 0) is 20.7 Å². The predicted molar refractivity (Wildman–Crippen MR) is 127 cm³/mol. The van der Waals surface area contributed by atoms with Crippen molar-refractivity contribution in [3.05, 3.63) is 86.2 Å². The average molecular weight is 598 g/mol. The van der Waals surface area contributed by atoms with Crippen LogP contribution in [0.4, 0.5) is 17.1 Å². The Balaban J connectivity index is 1.88. The molecule has 1 heterocycles. The van der Waals surface area contributed by atoms with Gasteiger partial charge in [0.05, 0.1) is 17.1 Å². The number of halogens is 3. The standard InChI is InChI=1S/C20H12Br3N3O2S/c21-13-1-7-16(8-2-13)24-29-25(17-9-3-14(22)4-10-17)19(27)20(28)26(29)18-11-5-15(23)6-12-18/h1-12H. The normalized spacial score (nSPS) is 14.6. The number of nitrogens with zero attached hydrogens (tertiary/aromatic N) is 3. The Kier molecular flexibility index (Phi) is 6.00. The molecule has 1 saturated heterocycles. The lowest BCUT2D eigenvalue weighted by molar-refractivity contribution is -0.133. The molecule has 2 amide bonds. The van der Waals surface area contributed by atoms with Crippen LogP contribution in [0.3, 0.4) is 0 Å². The van der Waals surface area contributed by atoms with Crippen molar-refractivity contribution in [3.63, 3.8) is 0 Å². The minimum Gasteiger partial charge on any atom is -0.262 e. The second-order valence-corrected chi connectivity index (χ2v) is 10.1. The van der Waals surface area contributed by atoms with Crippen LogP contribution < -0.4 is 8.61 Å². The number of hydrogen-bond donors (Lipinski definition) is 0. The Hall–Kier alpha value is -1.81. The van der Waals surface area contributed by atoms with Crippen molar-refractivity contribution in [1.82, 2.24) is 0 Å². The van der Waals surface area contributed by atoms with E-state index in [9.17, 15) is 9.59 Å². The van der Waals surface area contributed by atoms with Gasteiger partial charge in [-0.3, -0.25) is 9.59 Å². The number of rotatable bonds is 3. The van der Waals surface area contributed by atoms with Crippen LogP contribution in [-0.4, -0.2) is 11.8 Å². The lowest BCUT2D eigenvalue weighted by Gasteiger charge is -2.21. The molecule has 0 aromatic heterocycles. The van der Waals surface area contributed by atoms with E-state index in [0.29, 0.717) is 17.1 Å². The minimum absolute atomic E-state index is 0.607. The van der Waals surface area contributed by atoms with Gasteiger partial charge in [-0.15, -0.1) is 0 Å². The summed E-state index contributed by atoms with van der Waals surface area (Å²) >= 11 is 9.02. The highest BCUT2D eigenvalue weighted by atomic mass is 79.9. The lowest BCUT2D eigenvalue weighted by Crippen LogP contribution is -2.27. The van der Waals surface area contributed by atoms with E-state index < -0.39 is 22.9 Å². The Morgan fingerprint density at radius 3 is 1.31 bits per heavy atom. The van der Waals surface area contributed by atoms with Crippen molar-refractivity contribution in [1.29, 1.82) is 0 Å². The third-order valence-electron chi connectivity index (χ3n) is 4.01. The Labute approximate surface area is 195 Å². The van der Waals surface area contributed by atoms with Crippen molar-refractivity contribution < 1.29 is 9.59 Å². The summed E-state index contributed by atoms with van der Waals surface area (Å²) in [5, 5.41) is 0. The fourth-order valence-electron chi connectivity index (χ4n) is 2.66. The summed E-state index contributed by atoms with van der Waals surface area (Å²) in [5.74, 6) is -1.22. The lowest BCUT2D eigenvalue weighted by atomic mass is 10.3. The largest absolute Gasteiger partial charge is 0.329 e. The fourth-order valence-corrected chi connectivity index (χ4v) is 5.16. The molecular weight excluding hydrogens is 586 g/mol. The minimum atomic E-state index is -1.19. The first-order valence-corrected chi connectivity index (χ1v) is 11.8.